The lowest BCUT2D eigenvalue weighted by atomic mass is 10.1. The first-order chi connectivity index (χ1) is 8.06. The van der Waals surface area contributed by atoms with E-state index in [2.05, 4.69) is 5.32 Å². The number of alkyl carbamates (subject to hydrolysis) is 1. The van der Waals surface area contributed by atoms with Gasteiger partial charge in [0.05, 0.1) is 0 Å². The number of carbonyl (C=O) groups is 1. The first kappa shape index (κ1) is 14.2. The fourth-order valence-electron chi connectivity index (χ4n) is 1.44. The Bertz CT molecular complexity index is 249. The van der Waals surface area contributed by atoms with Gasteiger partial charge >= 0.3 is 6.09 Å². The first-order valence-electron chi connectivity index (χ1n) is 5.66. The van der Waals surface area contributed by atoms with Crippen LogP contribution in [-0.4, -0.2) is 59.2 Å². The second-order valence-corrected chi connectivity index (χ2v) is 3.93. The van der Waals surface area contributed by atoms with Gasteiger partial charge < -0.3 is 30.1 Å². The fraction of sp³-hybridized carbons (Fsp3) is 0.900. The van der Waals surface area contributed by atoms with Crippen LogP contribution in [0.3, 0.4) is 0 Å². The van der Waals surface area contributed by atoms with Crippen molar-refractivity contribution >= 4 is 6.09 Å². The van der Waals surface area contributed by atoms with Crippen molar-refractivity contribution in [1.29, 1.82) is 0 Å². The van der Waals surface area contributed by atoms with E-state index in [-0.39, 0.29) is 6.61 Å². The van der Waals surface area contributed by atoms with Crippen molar-refractivity contribution in [2.75, 3.05) is 13.2 Å². The van der Waals surface area contributed by atoms with Crippen LogP contribution in [-0.2, 0) is 9.47 Å². The molecule has 0 saturated carbocycles. The van der Waals surface area contributed by atoms with E-state index in [4.69, 9.17) is 14.6 Å². The molecule has 1 saturated heterocycles. The molecule has 0 spiro atoms. The number of rotatable bonds is 5. The van der Waals surface area contributed by atoms with Gasteiger partial charge in [-0.05, 0) is 6.42 Å². The van der Waals surface area contributed by atoms with E-state index in [1.807, 2.05) is 6.92 Å². The third-order valence-electron chi connectivity index (χ3n) is 2.52. The quantitative estimate of drug-likeness (QED) is 0.463. The van der Waals surface area contributed by atoms with Gasteiger partial charge in [-0.25, -0.2) is 4.79 Å². The van der Waals surface area contributed by atoms with Crippen LogP contribution in [0.4, 0.5) is 4.79 Å². The molecule has 4 N–H and O–H groups in total. The molecule has 1 unspecified atom stereocenters. The molecule has 1 aliphatic heterocycles. The number of amides is 1. The number of hydrogen-bond donors (Lipinski definition) is 4. The van der Waals surface area contributed by atoms with Gasteiger partial charge in [-0.15, -0.1) is 0 Å². The molecule has 1 amide bonds. The van der Waals surface area contributed by atoms with Crippen molar-refractivity contribution in [3.63, 3.8) is 0 Å². The lowest BCUT2D eigenvalue weighted by Crippen LogP contribution is -2.36. The second kappa shape index (κ2) is 6.75. The highest BCUT2D eigenvalue weighted by Crippen LogP contribution is 2.19. The van der Waals surface area contributed by atoms with Crippen molar-refractivity contribution < 1.29 is 29.6 Å². The van der Waals surface area contributed by atoms with E-state index in [1.165, 1.54) is 0 Å². The largest absolute Gasteiger partial charge is 0.447 e. The number of carbonyl (C=O) groups excluding carboxylic acids is 1. The average molecular weight is 249 g/mol. The highest BCUT2D eigenvalue weighted by atomic mass is 16.7. The normalized spacial score (nSPS) is 32.5. The maximum absolute atomic E-state index is 11.1. The van der Waals surface area contributed by atoms with E-state index in [1.54, 1.807) is 0 Å². The van der Waals surface area contributed by atoms with Crippen molar-refractivity contribution in [3.8, 4) is 0 Å². The Labute approximate surface area is 99.3 Å². The molecule has 7 nitrogen and oxygen atoms in total. The molecule has 0 radical (unpaired) electrons. The molecule has 1 rings (SSSR count). The van der Waals surface area contributed by atoms with E-state index >= 15 is 0 Å². The Morgan fingerprint density at radius 1 is 1.35 bits per heavy atom. The standard InChI is InChI=1S/C10H19NO6/c1-2-3-4-11-10(15)16-5-6-7(12)8(13)9(14)17-6/h6-9,12-14H,2-5H2,1H3,(H,11,15)/t6-,7-,8-,9?/m1/s1. The van der Waals surface area contributed by atoms with Crippen LogP contribution in [0.25, 0.3) is 0 Å². The van der Waals surface area contributed by atoms with Crippen LogP contribution in [0.15, 0.2) is 0 Å². The van der Waals surface area contributed by atoms with Crippen LogP contribution in [0, 0.1) is 0 Å². The van der Waals surface area contributed by atoms with Gasteiger partial charge in [0, 0.05) is 6.54 Å². The Balaban J connectivity index is 2.20. The average Bonchev–Trinajstić information content (AvgIpc) is 2.54. The van der Waals surface area contributed by atoms with Gasteiger partial charge in [0.1, 0.15) is 24.9 Å². The lowest BCUT2D eigenvalue weighted by molar-refractivity contribution is -0.133. The third-order valence-corrected chi connectivity index (χ3v) is 2.52. The molecule has 1 heterocycles. The van der Waals surface area contributed by atoms with Crippen LogP contribution >= 0.6 is 0 Å². The zero-order valence-corrected chi connectivity index (χ0v) is 9.70. The zero-order chi connectivity index (χ0) is 12.8. The minimum atomic E-state index is -1.44. The van der Waals surface area contributed by atoms with Crippen molar-refractivity contribution in [2.45, 2.75) is 44.4 Å². The Kier molecular flexibility index (Phi) is 5.63. The smallest absolute Gasteiger partial charge is 0.407 e. The maximum Gasteiger partial charge on any atom is 0.407 e. The topological polar surface area (TPSA) is 108 Å². The minimum absolute atomic E-state index is 0.215. The summed E-state index contributed by atoms with van der Waals surface area (Å²) in [5, 5.41) is 30.2. The Morgan fingerprint density at radius 2 is 2.06 bits per heavy atom. The molecule has 17 heavy (non-hydrogen) atoms. The molecule has 0 aromatic carbocycles. The molecular weight excluding hydrogens is 230 g/mol. The number of unbranched alkanes of at least 4 members (excludes halogenated alkanes) is 1. The van der Waals surface area contributed by atoms with Gasteiger partial charge in [0.2, 0.25) is 0 Å². The summed E-state index contributed by atoms with van der Waals surface area (Å²) in [7, 11) is 0. The van der Waals surface area contributed by atoms with E-state index in [9.17, 15) is 15.0 Å². The summed E-state index contributed by atoms with van der Waals surface area (Å²) in [5.41, 5.74) is 0. The number of ether oxygens (including phenoxy) is 2. The highest BCUT2D eigenvalue weighted by molar-refractivity contribution is 5.67. The summed E-state index contributed by atoms with van der Waals surface area (Å²) >= 11 is 0. The van der Waals surface area contributed by atoms with Crippen LogP contribution < -0.4 is 5.32 Å². The minimum Gasteiger partial charge on any atom is -0.447 e. The van der Waals surface area contributed by atoms with Gasteiger partial charge in [0.25, 0.3) is 0 Å². The van der Waals surface area contributed by atoms with E-state index in [0.29, 0.717) is 6.54 Å². The Hall–Kier alpha value is -0.890. The number of hydrogen-bond acceptors (Lipinski definition) is 6. The van der Waals surface area contributed by atoms with Gasteiger partial charge in [-0.1, -0.05) is 13.3 Å². The van der Waals surface area contributed by atoms with Crippen molar-refractivity contribution in [3.05, 3.63) is 0 Å². The van der Waals surface area contributed by atoms with Gasteiger partial charge in [-0.2, -0.15) is 0 Å². The summed E-state index contributed by atoms with van der Waals surface area (Å²) in [6.45, 7) is 2.31. The molecule has 0 aromatic heterocycles. The highest BCUT2D eigenvalue weighted by Gasteiger charge is 2.42. The predicted octanol–water partition coefficient (Wildman–Crippen LogP) is -1.05. The first-order valence-corrected chi connectivity index (χ1v) is 5.66. The van der Waals surface area contributed by atoms with Crippen molar-refractivity contribution in [2.24, 2.45) is 0 Å². The van der Waals surface area contributed by atoms with E-state index in [0.717, 1.165) is 12.8 Å². The van der Waals surface area contributed by atoms with Crippen LogP contribution in [0.2, 0.25) is 0 Å². The molecule has 1 aliphatic rings. The van der Waals surface area contributed by atoms with Crippen LogP contribution in [0.5, 0.6) is 0 Å². The zero-order valence-electron chi connectivity index (χ0n) is 9.70. The summed E-state index contributed by atoms with van der Waals surface area (Å²) in [6.07, 6.45) is -3.76. The maximum atomic E-state index is 11.1. The van der Waals surface area contributed by atoms with Crippen molar-refractivity contribution in [1.82, 2.24) is 5.32 Å². The Morgan fingerprint density at radius 3 is 2.59 bits per heavy atom. The predicted molar refractivity (Wildman–Crippen MR) is 57.2 cm³/mol. The molecule has 7 heteroatoms. The fourth-order valence-corrected chi connectivity index (χ4v) is 1.44. The molecule has 0 aliphatic carbocycles. The summed E-state index contributed by atoms with van der Waals surface area (Å²) in [5.74, 6) is 0. The summed E-state index contributed by atoms with van der Waals surface area (Å²) in [4.78, 5) is 11.1. The number of aliphatic hydroxyl groups is 3. The number of aliphatic hydroxyl groups excluding tert-OH is 3. The second-order valence-electron chi connectivity index (χ2n) is 3.93. The van der Waals surface area contributed by atoms with E-state index < -0.39 is 30.7 Å². The van der Waals surface area contributed by atoms with Crippen LogP contribution in [0.1, 0.15) is 19.8 Å². The molecule has 0 aromatic rings. The molecule has 100 valence electrons. The molecule has 0 bridgehead atoms. The lowest BCUT2D eigenvalue weighted by Gasteiger charge is -2.14. The summed E-state index contributed by atoms with van der Waals surface area (Å²) in [6, 6.07) is 0. The molecular formula is C10H19NO6. The van der Waals surface area contributed by atoms with Gasteiger partial charge in [-0.3, -0.25) is 0 Å². The summed E-state index contributed by atoms with van der Waals surface area (Å²) < 4.78 is 9.59. The monoisotopic (exact) mass is 249 g/mol. The molecule has 1 fully saturated rings. The SMILES string of the molecule is CCCCNC(=O)OC[C@H]1OC(O)[C@H](O)[C@@H]1O. The number of nitrogens with one attached hydrogen (secondary N) is 1. The molecule has 4 atom stereocenters. The third kappa shape index (κ3) is 4.12. The van der Waals surface area contributed by atoms with Gasteiger partial charge in [0.15, 0.2) is 6.29 Å².